The van der Waals surface area contributed by atoms with Crippen molar-refractivity contribution in [3.05, 3.63) is 59.9 Å². The van der Waals surface area contributed by atoms with Crippen LogP contribution in [0.25, 0.3) is 0 Å². The number of piperazine rings is 1. The molecular formula is C18H20FN3OS. The summed E-state index contributed by atoms with van der Waals surface area (Å²) >= 11 is 5.46. The standard InChI is InChI=1S/C18H20FN3OS/c19-15-3-1-14(2-4-15)13-20-18(24)22-11-9-21(10-12-22)16-5-7-17(23)8-6-16/h1-8,23H,9-13H2,(H,20,24). The molecule has 1 aliphatic rings. The van der Waals surface area contributed by atoms with Crippen molar-refractivity contribution in [3.8, 4) is 5.75 Å². The van der Waals surface area contributed by atoms with E-state index in [4.69, 9.17) is 12.2 Å². The summed E-state index contributed by atoms with van der Waals surface area (Å²) < 4.78 is 12.9. The lowest BCUT2D eigenvalue weighted by Crippen LogP contribution is -2.51. The first-order valence-electron chi connectivity index (χ1n) is 7.93. The van der Waals surface area contributed by atoms with E-state index in [-0.39, 0.29) is 11.6 Å². The molecule has 0 unspecified atom stereocenters. The van der Waals surface area contributed by atoms with Gasteiger partial charge in [0.05, 0.1) is 0 Å². The highest BCUT2D eigenvalue weighted by molar-refractivity contribution is 7.80. The Morgan fingerprint density at radius 1 is 1.00 bits per heavy atom. The van der Waals surface area contributed by atoms with Crippen LogP contribution in [0.5, 0.6) is 5.75 Å². The van der Waals surface area contributed by atoms with Crippen LogP contribution in [0.4, 0.5) is 10.1 Å². The first-order chi connectivity index (χ1) is 11.6. The molecule has 0 aromatic heterocycles. The van der Waals surface area contributed by atoms with Crippen LogP contribution in [-0.2, 0) is 6.54 Å². The topological polar surface area (TPSA) is 38.7 Å². The Labute approximate surface area is 146 Å². The van der Waals surface area contributed by atoms with E-state index in [0.717, 1.165) is 42.5 Å². The van der Waals surface area contributed by atoms with Gasteiger partial charge in [0.25, 0.3) is 0 Å². The maximum Gasteiger partial charge on any atom is 0.169 e. The molecule has 0 bridgehead atoms. The second kappa shape index (κ2) is 7.49. The van der Waals surface area contributed by atoms with E-state index in [0.29, 0.717) is 6.54 Å². The van der Waals surface area contributed by atoms with Crippen LogP contribution >= 0.6 is 12.2 Å². The number of thiocarbonyl (C=S) groups is 1. The second-order valence-electron chi connectivity index (χ2n) is 5.78. The molecule has 24 heavy (non-hydrogen) atoms. The number of aromatic hydroxyl groups is 1. The fourth-order valence-electron chi connectivity index (χ4n) is 2.72. The van der Waals surface area contributed by atoms with Crippen molar-refractivity contribution in [2.75, 3.05) is 31.1 Å². The number of rotatable bonds is 3. The number of anilines is 1. The van der Waals surface area contributed by atoms with Gasteiger partial charge in [0, 0.05) is 38.4 Å². The number of halogens is 1. The fourth-order valence-corrected chi connectivity index (χ4v) is 2.98. The molecule has 0 atom stereocenters. The average molecular weight is 345 g/mol. The second-order valence-corrected chi connectivity index (χ2v) is 6.16. The molecule has 1 fully saturated rings. The van der Waals surface area contributed by atoms with Crippen molar-refractivity contribution in [2.24, 2.45) is 0 Å². The predicted octanol–water partition coefficient (Wildman–Crippen LogP) is 2.73. The van der Waals surface area contributed by atoms with E-state index in [1.54, 1.807) is 24.3 Å². The SMILES string of the molecule is Oc1ccc(N2CCN(C(=S)NCc3ccc(F)cc3)CC2)cc1. The number of hydrogen-bond donors (Lipinski definition) is 2. The van der Waals surface area contributed by atoms with Gasteiger partial charge >= 0.3 is 0 Å². The van der Waals surface area contributed by atoms with Crippen molar-refractivity contribution in [2.45, 2.75) is 6.54 Å². The van der Waals surface area contributed by atoms with Gasteiger partial charge in [-0.25, -0.2) is 4.39 Å². The van der Waals surface area contributed by atoms with E-state index in [2.05, 4.69) is 15.1 Å². The molecule has 1 saturated heterocycles. The highest BCUT2D eigenvalue weighted by Crippen LogP contribution is 2.19. The predicted molar refractivity (Wildman–Crippen MR) is 97.7 cm³/mol. The molecule has 0 aliphatic carbocycles. The maximum atomic E-state index is 12.9. The van der Waals surface area contributed by atoms with Crippen LogP contribution in [0.15, 0.2) is 48.5 Å². The van der Waals surface area contributed by atoms with Crippen molar-refractivity contribution >= 4 is 23.0 Å². The first kappa shape index (κ1) is 16.5. The van der Waals surface area contributed by atoms with Gasteiger partial charge in [-0.05, 0) is 54.2 Å². The summed E-state index contributed by atoms with van der Waals surface area (Å²) in [6, 6.07) is 13.7. The summed E-state index contributed by atoms with van der Waals surface area (Å²) in [6.07, 6.45) is 0. The van der Waals surface area contributed by atoms with Gasteiger partial charge in [-0.1, -0.05) is 12.1 Å². The molecule has 3 rings (SSSR count). The van der Waals surface area contributed by atoms with Crippen molar-refractivity contribution < 1.29 is 9.50 Å². The monoisotopic (exact) mass is 345 g/mol. The number of nitrogens with one attached hydrogen (secondary N) is 1. The summed E-state index contributed by atoms with van der Waals surface area (Å²) in [4.78, 5) is 4.42. The minimum absolute atomic E-state index is 0.230. The Balaban J connectivity index is 1.48. The van der Waals surface area contributed by atoms with Gasteiger partial charge in [-0.15, -0.1) is 0 Å². The Hall–Kier alpha value is -2.34. The largest absolute Gasteiger partial charge is 0.508 e. The van der Waals surface area contributed by atoms with Gasteiger partial charge in [0.1, 0.15) is 11.6 Å². The smallest absolute Gasteiger partial charge is 0.169 e. The minimum Gasteiger partial charge on any atom is -0.508 e. The number of phenolic OH excluding ortho intramolecular Hbond substituents is 1. The normalized spacial score (nSPS) is 14.5. The van der Waals surface area contributed by atoms with E-state index >= 15 is 0 Å². The number of phenols is 1. The van der Waals surface area contributed by atoms with Gasteiger partial charge in [-0.2, -0.15) is 0 Å². The third kappa shape index (κ3) is 4.14. The molecule has 2 N–H and O–H groups in total. The molecular weight excluding hydrogens is 325 g/mol. The van der Waals surface area contributed by atoms with E-state index in [9.17, 15) is 9.50 Å². The molecule has 4 nitrogen and oxygen atoms in total. The Kier molecular flexibility index (Phi) is 5.15. The molecule has 1 heterocycles. The summed E-state index contributed by atoms with van der Waals surface area (Å²) in [5, 5.41) is 13.3. The summed E-state index contributed by atoms with van der Waals surface area (Å²) in [7, 11) is 0. The zero-order valence-electron chi connectivity index (χ0n) is 13.3. The van der Waals surface area contributed by atoms with Crippen molar-refractivity contribution in [1.29, 1.82) is 0 Å². The lowest BCUT2D eigenvalue weighted by Gasteiger charge is -2.37. The summed E-state index contributed by atoms with van der Waals surface area (Å²) in [6.45, 7) is 4.04. The van der Waals surface area contributed by atoms with Gasteiger partial charge in [-0.3, -0.25) is 0 Å². The molecule has 126 valence electrons. The highest BCUT2D eigenvalue weighted by Gasteiger charge is 2.19. The van der Waals surface area contributed by atoms with Gasteiger partial charge in [0.2, 0.25) is 0 Å². The van der Waals surface area contributed by atoms with Crippen molar-refractivity contribution in [3.63, 3.8) is 0 Å². The molecule has 2 aromatic carbocycles. The Bertz CT molecular complexity index is 682. The lowest BCUT2D eigenvalue weighted by atomic mass is 10.2. The lowest BCUT2D eigenvalue weighted by molar-refractivity contribution is 0.380. The maximum absolute atomic E-state index is 12.9. The third-order valence-corrected chi connectivity index (χ3v) is 4.54. The number of nitrogens with zero attached hydrogens (tertiary/aromatic N) is 2. The Morgan fingerprint density at radius 2 is 1.62 bits per heavy atom. The van der Waals surface area contributed by atoms with Crippen LogP contribution in [0.1, 0.15) is 5.56 Å². The quantitative estimate of drug-likeness (QED) is 0.837. The van der Waals surface area contributed by atoms with Crippen LogP contribution in [-0.4, -0.2) is 41.3 Å². The molecule has 0 saturated carbocycles. The van der Waals surface area contributed by atoms with Crippen LogP contribution in [0, 0.1) is 5.82 Å². The zero-order chi connectivity index (χ0) is 16.9. The molecule has 1 aliphatic heterocycles. The zero-order valence-corrected chi connectivity index (χ0v) is 14.1. The molecule has 0 radical (unpaired) electrons. The van der Waals surface area contributed by atoms with Crippen molar-refractivity contribution in [1.82, 2.24) is 10.2 Å². The Morgan fingerprint density at radius 3 is 2.25 bits per heavy atom. The van der Waals surface area contributed by atoms with Crippen LogP contribution in [0.2, 0.25) is 0 Å². The van der Waals surface area contributed by atoms with Gasteiger partial charge in [0.15, 0.2) is 5.11 Å². The van der Waals surface area contributed by atoms with Crippen LogP contribution < -0.4 is 10.2 Å². The molecule has 0 spiro atoms. The molecule has 6 heteroatoms. The summed E-state index contributed by atoms with van der Waals surface area (Å²) in [5.41, 5.74) is 2.11. The molecule has 0 amide bonds. The van der Waals surface area contributed by atoms with E-state index < -0.39 is 0 Å². The molecule has 2 aromatic rings. The van der Waals surface area contributed by atoms with Crippen LogP contribution in [0.3, 0.4) is 0 Å². The fraction of sp³-hybridized carbons (Fsp3) is 0.278. The summed E-state index contributed by atoms with van der Waals surface area (Å²) in [5.74, 6) is 0.0511. The highest BCUT2D eigenvalue weighted by atomic mass is 32.1. The van der Waals surface area contributed by atoms with E-state index in [1.165, 1.54) is 12.1 Å². The minimum atomic E-state index is -0.230. The average Bonchev–Trinajstić information content (AvgIpc) is 2.62. The number of benzene rings is 2. The number of hydrogen-bond acceptors (Lipinski definition) is 3. The first-order valence-corrected chi connectivity index (χ1v) is 8.34. The third-order valence-electron chi connectivity index (χ3n) is 4.14. The van der Waals surface area contributed by atoms with Gasteiger partial charge < -0.3 is 20.2 Å². The van der Waals surface area contributed by atoms with E-state index in [1.807, 2.05) is 12.1 Å².